The molecule has 5 aromatic carbocycles. The van der Waals surface area contributed by atoms with Gasteiger partial charge in [0.15, 0.2) is 5.82 Å². The zero-order valence-corrected chi connectivity index (χ0v) is 20.0. The van der Waals surface area contributed by atoms with Crippen LogP contribution in [0.15, 0.2) is 138 Å². The lowest BCUT2D eigenvalue weighted by Crippen LogP contribution is -1.91. The normalized spacial score (nSPS) is 11.2. The highest BCUT2D eigenvalue weighted by molar-refractivity contribution is 6.09. The summed E-state index contributed by atoms with van der Waals surface area (Å²) in [5.41, 5.74) is 9.29. The smallest absolute Gasteiger partial charge is 0.162 e. The molecule has 0 fully saturated rings. The first-order valence-electron chi connectivity index (χ1n) is 12.3. The molecule has 0 saturated heterocycles. The van der Waals surface area contributed by atoms with Gasteiger partial charge in [-0.05, 0) is 58.1 Å². The van der Waals surface area contributed by atoms with Gasteiger partial charge in [-0.2, -0.15) is 0 Å². The second-order valence-corrected chi connectivity index (χ2v) is 9.11. The van der Waals surface area contributed by atoms with Gasteiger partial charge in [0.25, 0.3) is 0 Å². The molecule has 0 atom stereocenters. The van der Waals surface area contributed by atoms with Gasteiger partial charge in [0.05, 0.1) is 5.56 Å². The molecule has 0 saturated carbocycles. The minimum atomic E-state index is 0.649. The molecule has 2 aromatic heterocycles. The lowest BCUT2D eigenvalue weighted by Gasteiger charge is -2.11. The van der Waals surface area contributed by atoms with Crippen molar-refractivity contribution in [2.75, 3.05) is 0 Å². The van der Waals surface area contributed by atoms with E-state index in [1.807, 2.05) is 54.9 Å². The Kier molecular flexibility index (Phi) is 5.11. The average molecular weight is 475 g/mol. The van der Waals surface area contributed by atoms with Gasteiger partial charge >= 0.3 is 0 Å². The fraction of sp³-hybridized carbons (Fsp3) is 0. The van der Waals surface area contributed by atoms with Crippen molar-refractivity contribution in [1.29, 1.82) is 0 Å². The Labute approximate surface area is 214 Å². The quantitative estimate of drug-likeness (QED) is 0.255. The van der Waals surface area contributed by atoms with Gasteiger partial charge in [-0.1, -0.05) is 91.0 Å². The summed E-state index contributed by atoms with van der Waals surface area (Å²) in [5, 5.41) is 2.17. The summed E-state index contributed by atoms with van der Waals surface area (Å²) in [7, 11) is 0. The third-order valence-electron chi connectivity index (χ3n) is 6.78. The molecule has 37 heavy (non-hydrogen) atoms. The summed E-state index contributed by atoms with van der Waals surface area (Å²) < 4.78 is 6.20. The van der Waals surface area contributed by atoms with E-state index in [0.717, 1.165) is 49.8 Å². The van der Waals surface area contributed by atoms with Crippen LogP contribution in [0.4, 0.5) is 0 Å². The minimum Gasteiger partial charge on any atom is -0.455 e. The lowest BCUT2D eigenvalue weighted by atomic mass is 9.94. The Balaban J connectivity index is 1.33. The number of hydrogen-bond acceptors (Lipinski definition) is 3. The molecule has 0 spiro atoms. The van der Waals surface area contributed by atoms with Crippen LogP contribution in [0.2, 0.25) is 0 Å². The maximum absolute atomic E-state index is 6.20. The Morgan fingerprint density at radius 1 is 0.432 bits per heavy atom. The number of rotatable bonds is 4. The zero-order chi connectivity index (χ0) is 24.6. The van der Waals surface area contributed by atoms with E-state index in [4.69, 9.17) is 14.4 Å². The van der Waals surface area contributed by atoms with Crippen LogP contribution >= 0.6 is 0 Å². The van der Waals surface area contributed by atoms with Gasteiger partial charge in [-0.25, -0.2) is 9.97 Å². The van der Waals surface area contributed by atoms with Gasteiger partial charge < -0.3 is 4.42 Å². The highest BCUT2D eigenvalue weighted by Crippen LogP contribution is 2.36. The van der Waals surface area contributed by atoms with Gasteiger partial charge in [0.1, 0.15) is 11.2 Å². The van der Waals surface area contributed by atoms with Crippen molar-refractivity contribution >= 4 is 21.9 Å². The van der Waals surface area contributed by atoms with Crippen molar-refractivity contribution in [3.05, 3.63) is 134 Å². The topological polar surface area (TPSA) is 38.9 Å². The molecule has 3 nitrogen and oxygen atoms in total. The molecule has 7 aromatic rings. The summed E-state index contributed by atoms with van der Waals surface area (Å²) in [5.74, 6) is 0.649. The molecular formula is C34H22N2O. The minimum absolute atomic E-state index is 0.649. The molecule has 0 unspecified atom stereocenters. The maximum Gasteiger partial charge on any atom is 0.162 e. The molecule has 7 rings (SSSR count). The summed E-state index contributed by atoms with van der Waals surface area (Å²) in [4.78, 5) is 9.56. The van der Waals surface area contributed by atoms with Gasteiger partial charge in [0.2, 0.25) is 0 Å². The highest BCUT2D eigenvalue weighted by atomic mass is 16.3. The predicted octanol–water partition coefficient (Wildman–Crippen LogP) is 9.04. The molecule has 0 aliphatic heterocycles. The number of furan rings is 1. The molecule has 0 bridgehead atoms. The number of para-hydroxylation sites is 2. The van der Waals surface area contributed by atoms with E-state index in [-0.39, 0.29) is 0 Å². The van der Waals surface area contributed by atoms with Crippen LogP contribution in [-0.4, -0.2) is 9.97 Å². The van der Waals surface area contributed by atoms with E-state index in [0.29, 0.717) is 5.82 Å². The molecule has 174 valence electrons. The average Bonchev–Trinajstić information content (AvgIpc) is 3.37. The molecule has 0 aliphatic rings. The van der Waals surface area contributed by atoms with E-state index in [9.17, 15) is 0 Å². The van der Waals surface area contributed by atoms with Crippen molar-refractivity contribution in [2.24, 2.45) is 0 Å². The van der Waals surface area contributed by atoms with Crippen LogP contribution in [-0.2, 0) is 0 Å². The van der Waals surface area contributed by atoms with E-state index >= 15 is 0 Å². The van der Waals surface area contributed by atoms with Gasteiger partial charge in [0, 0.05) is 28.7 Å². The van der Waals surface area contributed by atoms with Crippen molar-refractivity contribution in [1.82, 2.24) is 9.97 Å². The summed E-state index contributed by atoms with van der Waals surface area (Å²) in [6.45, 7) is 0. The molecule has 0 radical (unpaired) electrons. The van der Waals surface area contributed by atoms with Gasteiger partial charge in [-0.15, -0.1) is 0 Å². The Hall–Kier alpha value is -5.02. The summed E-state index contributed by atoms with van der Waals surface area (Å²) in [6.07, 6.45) is 3.81. The molecule has 0 aliphatic carbocycles. The van der Waals surface area contributed by atoms with Crippen LogP contribution in [0.5, 0.6) is 0 Å². The Morgan fingerprint density at radius 3 is 1.62 bits per heavy atom. The summed E-state index contributed by atoms with van der Waals surface area (Å²) >= 11 is 0. The molecule has 2 heterocycles. The largest absolute Gasteiger partial charge is 0.455 e. The van der Waals surface area contributed by atoms with Crippen molar-refractivity contribution in [3.63, 3.8) is 0 Å². The number of nitrogens with zero attached hydrogens (tertiary/aromatic N) is 2. The fourth-order valence-corrected chi connectivity index (χ4v) is 4.93. The Morgan fingerprint density at radius 2 is 0.973 bits per heavy atom. The SMILES string of the molecule is c1ccc(-c2cc(-c3ccccc3)cc(-c3cnc(-c4cccc5c4oc4ccccc45)nc3)c2)cc1. The van der Waals surface area contributed by atoms with Crippen LogP contribution in [0.1, 0.15) is 0 Å². The molecule has 3 heteroatoms. The van der Waals surface area contributed by atoms with Crippen molar-refractivity contribution < 1.29 is 4.42 Å². The number of benzene rings is 5. The standard InChI is InChI=1S/C34H22N2O/c1-3-10-23(11-4-1)25-18-26(24-12-5-2-6-13-24)20-27(19-25)28-21-35-34(36-22-28)31-16-9-15-30-29-14-7-8-17-32(29)37-33(30)31/h1-22H. The maximum atomic E-state index is 6.20. The van der Waals surface area contributed by atoms with Crippen LogP contribution in [0.3, 0.4) is 0 Å². The van der Waals surface area contributed by atoms with E-state index in [2.05, 4.69) is 78.9 Å². The van der Waals surface area contributed by atoms with Crippen LogP contribution in [0, 0.1) is 0 Å². The molecule has 0 N–H and O–H groups in total. The molecular weight excluding hydrogens is 452 g/mol. The van der Waals surface area contributed by atoms with Crippen molar-refractivity contribution in [2.45, 2.75) is 0 Å². The first-order chi connectivity index (χ1) is 18.3. The second kappa shape index (κ2) is 8.89. The summed E-state index contributed by atoms with van der Waals surface area (Å²) in [6, 6.07) is 41.8. The van der Waals surface area contributed by atoms with Gasteiger partial charge in [-0.3, -0.25) is 0 Å². The fourth-order valence-electron chi connectivity index (χ4n) is 4.93. The van der Waals surface area contributed by atoms with E-state index in [1.54, 1.807) is 0 Å². The highest BCUT2D eigenvalue weighted by Gasteiger charge is 2.14. The third-order valence-corrected chi connectivity index (χ3v) is 6.78. The van der Waals surface area contributed by atoms with Crippen LogP contribution in [0.25, 0.3) is 66.7 Å². The lowest BCUT2D eigenvalue weighted by molar-refractivity contribution is 0.669. The molecule has 0 amide bonds. The number of aromatic nitrogens is 2. The second-order valence-electron chi connectivity index (χ2n) is 9.11. The third kappa shape index (κ3) is 3.87. The number of hydrogen-bond donors (Lipinski definition) is 0. The monoisotopic (exact) mass is 474 g/mol. The Bertz CT molecular complexity index is 1800. The number of fused-ring (bicyclic) bond motifs is 3. The predicted molar refractivity (Wildman–Crippen MR) is 151 cm³/mol. The first kappa shape index (κ1) is 21.3. The first-order valence-corrected chi connectivity index (χ1v) is 12.3. The van der Waals surface area contributed by atoms with E-state index < -0.39 is 0 Å². The van der Waals surface area contributed by atoms with E-state index in [1.165, 1.54) is 11.1 Å². The zero-order valence-electron chi connectivity index (χ0n) is 20.0. The van der Waals surface area contributed by atoms with Crippen molar-refractivity contribution in [3.8, 4) is 44.8 Å². The van der Waals surface area contributed by atoms with Crippen LogP contribution < -0.4 is 0 Å².